The van der Waals surface area contributed by atoms with Gasteiger partial charge in [-0.3, -0.25) is 0 Å². The zero-order valence-electron chi connectivity index (χ0n) is 9.45. The molecule has 2 aromatic rings. The molecule has 4 nitrogen and oxygen atoms in total. The Balaban J connectivity index is 0.000000209. The van der Waals surface area contributed by atoms with E-state index in [1.807, 2.05) is 0 Å². The van der Waals surface area contributed by atoms with Crippen LogP contribution in [0.15, 0.2) is 42.5 Å². The third-order valence-corrected chi connectivity index (χ3v) is 2.66. The molecule has 0 heterocycles. The van der Waals surface area contributed by atoms with Crippen molar-refractivity contribution in [3.8, 4) is 0 Å². The molecule has 0 saturated carbocycles. The summed E-state index contributed by atoms with van der Waals surface area (Å²) in [6.45, 7) is 0. The van der Waals surface area contributed by atoms with Gasteiger partial charge in [-0.2, -0.15) is 0 Å². The molecule has 0 aliphatic heterocycles. The average molecular weight is 311 g/mol. The van der Waals surface area contributed by atoms with Crippen LogP contribution in [0.2, 0.25) is 0 Å². The van der Waals surface area contributed by atoms with Crippen LogP contribution >= 0.6 is 0 Å². The first-order chi connectivity index (χ1) is 8.45. The Bertz CT molecular complexity index is 689. The molecule has 2 N–H and O–H groups in total. The van der Waals surface area contributed by atoms with Gasteiger partial charge in [0, 0.05) is 0 Å². The van der Waals surface area contributed by atoms with Crippen molar-refractivity contribution in [2.45, 2.75) is 6.42 Å². The Morgan fingerprint density at radius 1 is 1.00 bits per heavy atom. The van der Waals surface area contributed by atoms with Crippen LogP contribution in [0.3, 0.4) is 0 Å². The van der Waals surface area contributed by atoms with Crippen LogP contribution in [0, 0.1) is 0 Å². The van der Waals surface area contributed by atoms with E-state index >= 15 is 0 Å². The van der Waals surface area contributed by atoms with Crippen molar-refractivity contribution in [1.82, 2.24) is 0 Å². The van der Waals surface area contributed by atoms with Gasteiger partial charge in [-0.1, -0.05) is 48.6 Å². The van der Waals surface area contributed by atoms with E-state index in [0.717, 1.165) is 6.42 Å². The molecule has 3 rings (SSSR count). The summed E-state index contributed by atoms with van der Waals surface area (Å²) in [5, 5.41) is 2.80. The molecule has 94 valence electrons. The topological polar surface area (TPSA) is 74.6 Å². The van der Waals surface area contributed by atoms with Gasteiger partial charge in [-0.25, -0.2) is 0 Å². The minimum atomic E-state index is -5.25. The zero-order valence-corrected chi connectivity index (χ0v) is 11.2. The Labute approximate surface area is 106 Å². The second kappa shape index (κ2) is 5.00. The van der Waals surface area contributed by atoms with E-state index in [0.29, 0.717) is 0 Å². The fraction of sp³-hybridized carbons (Fsp3) is 0.0769. The standard InChI is InChI=1S/C13H10.H2O4Se/c1-4-10-6-2-8-12-9-3-7-11(5-1)13(10)12;1-5(2,3)4/h1-8H,9H2;(H2,1,2,3,4). The van der Waals surface area contributed by atoms with Crippen molar-refractivity contribution >= 4 is 30.2 Å². The molecule has 2 aromatic carbocycles. The quantitative estimate of drug-likeness (QED) is 0.726. The fourth-order valence-electron chi connectivity index (χ4n) is 2.07. The van der Waals surface area contributed by atoms with Crippen molar-refractivity contribution in [3.63, 3.8) is 0 Å². The summed E-state index contributed by atoms with van der Waals surface area (Å²) in [7, 11) is 0. The summed E-state index contributed by atoms with van der Waals surface area (Å²) in [5.41, 5.74) is 2.81. The normalized spacial score (nSPS) is 13.0. The number of hydrogen-bond donors (Lipinski definition) is 2. The molecule has 0 aromatic heterocycles. The van der Waals surface area contributed by atoms with Crippen LogP contribution in [0.5, 0.6) is 0 Å². The van der Waals surface area contributed by atoms with Crippen molar-refractivity contribution in [1.29, 1.82) is 0 Å². The molecule has 0 radical (unpaired) electrons. The predicted molar refractivity (Wildman–Crippen MR) is 68.3 cm³/mol. The second-order valence-corrected chi connectivity index (χ2v) is 5.80. The third kappa shape index (κ3) is 3.24. The summed E-state index contributed by atoms with van der Waals surface area (Å²) < 4.78 is 31.9. The van der Waals surface area contributed by atoms with Gasteiger partial charge in [0.15, 0.2) is 0 Å². The van der Waals surface area contributed by atoms with Crippen molar-refractivity contribution < 1.29 is 16.0 Å². The van der Waals surface area contributed by atoms with E-state index in [-0.39, 0.29) is 0 Å². The molecule has 0 saturated heterocycles. The maximum absolute atomic E-state index is 8.82. The van der Waals surface area contributed by atoms with Crippen molar-refractivity contribution in [2.24, 2.45) is 0 Å². The van der Waals surface area contributed by atoms with E-state index in [1.165, 1.54) is 21.9 Å². The molecule has 0 fully saturated rings. The maximum atomic E-state index is 8.82. The van der Waals surface area contributed by atoms with Gasteiger partial charge in [-0.05, 0) is 28.3 Å². The molecular weight excluding hydrogens is 299 g/mol. The number of benzene rings is 2. The van der Waals surface area contributed by atoms with Crippen LogP contribution in [-0.4, -0.2) is 21.7 Å². The van der Waals surface area contributed by atoms with E-state index in [4.69, 9.17) is 16.0 Å². The molecule has 1 aliphatic rings. The number of hydrogen-bond acceptors (Lipinski definition) is 2. The molecule has 0 bridgehead atoms. The van der Waals surface area contributed by atoms with Gasteiger partial charge in [0.25, 0.3) is 0 Å². The minimum absolute atomic E-state index is 1.08. The molecular formula is C13H12O4Se. The Kier molecular flexibility index (Phi) is 3.59. The summed E-state index contributed by atoms with van der Waals surface area (Å²) in [5.74, 6) is 0. The second-order valence-electron chi connectivity index (χ2n) is 3.92. The average Bonchev–Trinajstić information content (AvgIpc) is 2.28. The first-order valence-corrected chi connectivity index (χ1v) is 8.25. The SMILES string of the molecule is C1=Cc2cccc3cccc(c23)C1.O=[Se](=O)(O)O. The van der Waals surface area contributed by atoms with Crippen molar-refractivity contribution in [2.75, 3.05) is 0 Å². The van der Waals surface area contributed by atoms with Crippen LogP contribution in [0.4, 0.5) is 0 Å². The van der Waals surface area contributed by atoms with Crippen LogP contribution in [0.1, 0.15) is 11.1 Å². The van der Waals surface area contributed by atoms with Gasteiger partial charge in [-0.15, -0.1) is 0 Å². The summed E-state index contributed by atoms with van der Waals surface area (Å²) >= 11 is -5.25. The summed E-state index contributed by atoms with van der Waals surface area (Å²) in [4.78, 5) is 0. The van der Waals surface area contributed by atoms with Gasteiger partial charge >= 0.3 is 29.4 Å². The van der Waals surface area contributed by atoms with E-state index in [1.54, 1.807) is 0 Å². The predicted octanol–water partition coefficient (Wildman–Crippen LogP) is 1.68. The first kappa shape index (κ1) is 12.9. The molecule has 0 unspecified atom stereocenters. The summed E-state index contributed by atoms with van der Waals surface area (Å²) in [6.07, 6.45) is 5.53. The molecule has 5 heteroatoms. The fourth-order valence-corrected chi connectivity index (χ4v) is 2.07. The van der Waals surface area contributed by atoms with Gasteiger partial charge in [0.05, 0.1) is 0 Å². The van der Waals surface area contributed by atoms with E-state index < -0.39 is 13.4 Å². The number of rotatable bonds is 0. The Morgan fingerprint density at radius 2 is 1.61 bits per heavy atom. The number of allylic oxidation sites excluding steroid dienone is 1. The van der Waals surface area contributed by atoms with E-state index in [9.17, 15) is 0 Å². The molecule has 18 heavy (non-hydrogen) atoms. The Hall–Kier alpha value is -1.52. The molecule has 0 amide bonds. The first-order valence-electron chi connectivity index (χ1n) is 5.32. The van der Waals surface area contributed by atoms with Gasteiger partial charge < -0.3 is 0 Å². The van der Waals surface area contributed by atoms with Gasteiger partial charge in [0.1, 0.15) is 0 Å². The molecule has 0 atom stereocenters. The van der Waals surface area contributed by atoms with E-state index in [2.05, 4.69) is 48.6 Å². The van der Waals surface area contributed by atoms with Crippen LogP contribution < -0.4 is 0 Å². The van der Waals surface area contributed by atoms with Crippen LogP contribution in [-0.2, 0) is 14.1 Å². The van der Waals surface area contributed by atoms with Crippen molar-refractivity contribution in [3.05, 3.63) is 53.6 Å². The zero-order chi connectivity index (χ0) is 13.2. The third-order valence-electron chi connectivity index (χ3n) is 2.66. The van der Waals surface area contributed by atoms with Crippen LogP contribution in [0.25, 0.3) is 16.8 Å². The molecule has 1 aliphatic carbocycles. The Morgan fingerprint density at radius 3 is 2.28 bits per heavy atom. The molecule has 0 spiro atoms. The summed E-state index contributed by atoms with van der Waals surface area (Å²) in [6, 6.07) is 13.0. The monoisotopic (exact) mass is 312 g/mol. The van der Waals surface area contributed by atoms with Gasteiger partial charge in [0.2, 0.25) is 0 Å².